The topological polar surface area (TPSA) is 9.23 Å². The molecule has 0 aliphatic heterocycles. The van der Waals surface area contributed by atoms with Crippen LogP contribution in [0.5, 0.6) is 5.75 Å². The van der Waals surface area contributed by atoms with Crippen LogP contribution in [0.15, 0.2) is 16.6 Å². The monoisotopic (exact) mass is 286 g/mol. The maximum absolute atomic E-state index is 13.3. The molecule has 0 radical (unpaired) electrons. The second-order valence-corrected chi connectivity index (χ2v) is 5.27. The van der Waals surface area contributed by atoms with Crippen LogP contribution in [0.4, 0.5) is 4.39 Å². The molecule has 1 nitrogen and oxygen atoms in total. The van der Waals surface area contributed by atoms with E-state index >= 15 is 0 Å². The largest absolute Gasteiger partial charge is 0.494 e. The molecule has 88 valence electrons. The van der Waals surface area contributed by atoms with Gasteiger partial charge in [-0.05, 0) is 36.5 Å². The molecule has 1 aliphatic carbocycles. The number of halogens is 2. The zero-order valence-corrected chi connectivity index (χ0v) is 11.0. The third-order valence-electron chi connectivity index (χ3n) is 3.08. The normalized spacial score (nSPS) is 15.2. The molecule has 0 saturated heterocycles. The second-order valence-electron chi connectivity index (χ2n) is 4.41. The maximum Gasteiger partial charge on any atom is 0.166 e. The first-order valence-electron chi connectivity index (χ1n) is 5.72. The average molecular weight is 287 g/mol. The van der Waals surface area contributed by atoms with Gasteiger partial charge in [0.15, 0.2) is 11.6 Å². The Labute approximate surface area is 104 Å². The van der Waals surface area contributed by atoms with E-state index in [-0.39, 0.29) is 5.82 Å². The van der Waals surface area contributed by atoms with Crippen molar-refractivity contribution >= 4 is 15.9 Å². The van der Waals surface area contributed by atoms with Crippen LogP contribution in [0.25, 0.3) is 0 Å². The Balaban J connectivity index is 2.00. The second kappa shape index (κ2) is 5.17. The quantitative estimate of drug-likeness (QED) is 0.783. The van der Waals surface area contributed by atoms with Crippen LogP contribution >= 0.6 is 15.9 Å². The fraction of sp³-hybridized carbons (Fsp3) is 0.538. The van der Waals surface area contributed by atoms with Crippen molar-refractivity contribution in [1.82, 2.24) is 0 Å². The lowest BCUT2D eigenvalue weighted by molar-refractivity contribution is 0.385. The smallest absolute Gasteiger partial charge is 0.166 e. The first-order chi connectivity index (χ1) is 7.70. The third-order valence-corrected chi connectivity index (χ3v) is 3.81. The number of ether oxygens (including phenoxy) is 1. The minimum absolute atomic E-state index is 0.305. The molecule has 3 heteroatoms. The molecule has 0 aromatic heterocycles. The van der Waals surface area contributed by atoms with E-state index in [4.69, 9.17) is 4.74 Å². The van der Waals surface area contributed by atoms with Gasteiger partial charge in [0.2, 0.25) is 0 Å². The summed E-state index contributed by atoms with van der Waals surface area (Å²) in [5.74, 6) is 0.992. The molecule has 0 bridgehead atoms. The van der Waals surface area contributed by atoms with Gasteiger partial charge in [0.25, 0.3) is 0 Å². The first-order valence-corrected chi connectivity index (χ1v) is 6.52. The summed E-state index contributed by atoms with van der Waals surface area (Å²) in [4.78, 5) is 0. The lowest BCUT2D eigenvalue weighted by Gasteiger charge is -2.08. The van der Waals surface area contributed by atoms with E-state index in [2.05, 4.69) is 15.9 Å². The Morgan fingerprint density at radius 3 is 2.81 bits per heavy atom. The summed E-state index contributed by atoms with van der Waals surface area (Å²) in [5.41, 5.74) is 1.14. The van der Waals surface area contributed by atoms with Gasteiger partial charge in [0, 0.05) is 4.47 Å². The summed E-state index contributed by atoms with van der Waals surface area (Å²) in [7, 11) is 1.50. The molecule has 1 aromatic rings. The molecule has 0 unspecified atom stereocenters. The van der Waals surface area contributed by atoms with Gasteiger partial charge in [0.1, 0.15) is 0 Å². The molecule has 1 saturated carbocycles. The van der Waals surface area contributed by atoms with Crippen molar-refractivity contribution in [3.8, 4) is 5.75 Å². The summed E-state index contributed by atoms with van der Waals surface area (Å²) in [6, 6.07) is 3.29. The van der Waals surface area contributed by atoms with Crippen molar-refractivity contribution in [1.29, 1.82) is 0 Å². The highest BCUT2D eigenvalue weighted by molar-refractivity contribution is 9.10. The van der Waals surface area contributed by atoms with Gasteiger partial charge in [-0.15, -0.1) is 0 Å². The van der Waals surface area contributed by atoms with Gasteiger partial charge in [0.05, 0.1) is 7.11 Å². The molecule has 0 spiro atoms. The first kappa shape index (κ1) is 11.9. The van der Waals surface area contributed by atoms with E-state index in [1.54, 1.807) is 6.07 Å². The summed E-state index contributed by atoms with van der Waals surface area (Å²) in [6.07, 6.45) is 6.26. The molecule has 1 fully saturated rings. The van der Waals surface area contributed by atoms with E-state index in [9.17, 15) is 4.39 Å². The van der Waals surface area contributed by atoms with E-state index in [0.29, 0.717) is 5.75 Å². The van der Waals surface area contributed by atoms with Crippen LogP contribution in [0.1, 0.15) is 31.2 Å². The zero-order valence-electron chi connectivity index (χ0n) is 9.43. The molecular weight excluding hydrogens is 271 g/mol. The van der Waals surface area contributed by atoms with E-state index < -0.39 is 0 Å². The molecule has 0 heterocycles. The average Bonchev–Trinajstić information content (AvgIpc) is 3.05. The van der Waals surface area contributed by atoms with Crippen molar-refractivity contribution in [3.05, 3.63) is 28.0 Å². The highest BCUT2D eigenvalue weighted by atomic mass is 79.9. The molecular formula is C13H16BrFO. The van der Waals surface area contributed by atoms with E-state index in [0.717, 1.165) is 22.4 Å². The van der Waals surface area contributed by atoms with Crippen LogP contribution in [-0.4, -0.2) is 7.11 Å². The Bertz CT molecular complexity index is 374. The van der Waals surface area contributed by atoms with Gasteiger partial charge in [-0.1, -0.05) is 35.2 Å². The molecule has 16 heavy (non-hydrogen) atoms. The molecule has 1 aliphatic rings. The van der Waals surface area contributed by atoms with Crippen molar-refractivity contribution in [3.63, 3.8) is 0 Å². The SMILES string of the molecule is COc1cc(CCCC2CC2)c(Br)cc1F. The fourth-order valence-electron chi connectivity index (χ4n) is 1.91. The Hall–Kier alpha value is -0.570. The van der Waals surface area contributed by atoms with Gasteiger partial charge < -0.3 is 4.74 Å². The van der Waals surface area contributed by atoms with Crippen LogP contribution in [-0.2, 0) is 6.42 Å². The van der Waals surface area contributed by atoms with Gasteiger partial charge in [-0.2, -0.15) is 0 Å². The van der Waals surface area contributed by atoms with Crippen molar-refractivity contribution < 1.29 is 9.13 Å². The fourth-order valence-corrected chi connectivity index (χ4v) is 2.42. The Kier molecular flexibility index (Phi) is 3.85. The minimum atomic E-state index is -0.305. The predicted molar refractivity (Wildman–Crippen MR) is 66.3 cm³/mol. The van der Waals surface area contributed by atoms with Crippen LogP contribution in [0.2, 0.25) is 0 Å². The number of hydrogen-bond acceptors (Lipinski definition) is 1. The van der Waals surface area contributed by atoms with Gasteiger partial charge in [-0.3, -0.25) is 0 Å². The van der Waals surface area contributed by atoms with Crippen LogP contribution in [0.3, 0.4) is 0 Å². The Morgan fingerprint density at radius 1 is 1.44 bits per heavy atom. The highest BCUT2D eigenvalue weighted by Gasteiger charge is 2.20. The van der Waals surface area contributed by atoms with Crippen molar-refractivity contribution in [2.24, 2.45) is 5.92 Å². The van der Waals surface area contributed by atoms with Gasteiger partial charge >= 0.3 is 0 Å². The summed E-state index contributed by atoms with van der Waals surface area (Å²) in [6.45, 7) is 0. The van der Waals surface area contributed by atoms with Crippen molar-refractivity contribution in [2.45, 2.75) is 32.1 Å². The van der Waals surface area contributed by atoms with Crippen LogP contribution < -0.4 is 4.74 Å². The number of rotatable bonds is 5. The van der Waals surface area contributed by atoms with Crippen molar-refractivity contribution in [2.75, 3.05) is 7.11 Å². The minimum Gasteiger partial charge on any atom is -0.494 e. The lowest BCUT2D eigenvalue weighted by atomic mass is 10.1. The number of hydrogen-bond donors (Lipinski definition) is 0. The van der Waals surface area contributed by atoms with Gasteiger partial charge in [-0.25, -0.2) is 4.39 Å². The number of methoxy groups -OCH3 is 1. The molecule has 0 atom stereocenters. The molecule has 0 N–H and O–H groups in total. The lowest BCUT2D eigenvalue weighted by Crippen LogP contribution is -1.94. The number of benzene rings is 1. The van der Waals surface area contributed by atoms with E-state index in [1.165, 1.54) is 38.9 Å². The zero-order chi connectivity index (χ0) is 11.5. The molecule has 2 rings (SSSR count). The summed E-state index contributed by atoms with van der Waals surface area (Å²) < 4.78 is 19.2. The Morgan fingerprint density at radius 2 is 2.19 bits per heavy atom. The number of aryl methyl sites for hydroxylation is 1. The molecule has 0 amide bonds. The summed E-state index contributed by atoms with van der Waals surface area (Å²) in [5, 5.41) is 0. The summed E-state index contributed by atoms with van der Waals surface area (Å²) >= 11 is 3.40. The van der Waals surface area contributed by atoms with Crippen LogP contribution in [0, 0.1) is 11.7 Å². The predicted octanol–water partition coefficient (Wildman–Crippen LogP) is 4.33. The van der Waals surface area contributed by atoms with E-state index in [1.807, 2.05) is 0 Å². The standard InChI is InChI=1S/C13H16BrFO/c1-16-13-7-10(11(14)8-12(13)15)4-2-3-9-5-6-9/h7-9H,2-6H2,1H3. The molecule has 1 aromatic carbocycles. The third kappa shape index (κ3) is 2.97. The highest BCUT2D eigenvalue weighted by Crippen LogP contribution is 2.34. The maximum atomic E-state index is 13.3.